The van der Waals surface area contributed by atoms with Crippen LogP contribution in [0.25, 0.3) is 0 Å². The predicted octanol–water partition coefficient (Wildman–Crippen LogP) is 3.09. The lowest BCUT2D eigenvalue weighted by Crippen LogP contribution is -2.42. The Labute approximate surface area is 131 Å². The highest BCUT2D eigenvalue weighted by molar-refractivity contribution is 6.27. The van der Waals surface area contributed by atoms with Gasteiger partial charge >= 0.3 is 0 Å². The van der Waals surface area contributed by atoms with E-state index in [-0.39, 0.29) is 22.7 Å². The van der Waals surface area contributed by atoms with E-state index in [1.807, 2.05) is 0 Å². The highest BCUT2D eigenvalue weighted by Crippen LogP contribution is 2.48. The number of fused-ring (bicyclic) bond motifs is 1. The minimum absolute atomic E-state index is 0.112. The van der Waals surface area contributed by atoms with Crippen LogP contribution in [0.2, 0.25) is 5.35 Å². The fourth-order valence-corrected chi connectivity index (χ4v) is 3.25. The first-order valence-corrected chi connectivity index (χ1v) is 7.57. The molecule has 2 aliphatic rings. The Kier molecular flexibility index (Phi) is 2.87. The van der Waals surface area contributed by atoms with Crippen molar-refractivity contribution in [1.29, 1.82) is 0 Å². The Bertz CT molecular complexity index is 744. The average molecular weight is 317 g/mol. The van der Waals surface area contributed by atoms with Crippen molar-refractivity contribution in [3.05, 3.63) is 52.7 Å². The molecule has 0 spiro atoms. The summed E-state index contributed by atoms with van der Waals surface area (Å²) in [5, 5.41) is 0.112. The molecule has 0 N–H and O–H groups in total. The second-order valence-corrected chi connectivity index (χ2v) is 6.12. The van der Waals surface area contributed by atoms with E-state index in [2.05, 4.69) is 4.98 Å². The van der Waals surface area contributed by atoms with E-state index in [0.29, 0.717) is 29.7 Å². The Morgan fingerprint density at radius 1 is 1.18 bits per heavy atom. The van der Waals surface area contributed by atoms with Gasteiger partial charge in [-0.05, 0) is 43.0 Å². The van der Waals surface area contributed by atoms with Crippen LogP contribution in [0, 0.1) is 0 Å². The molecule has 0 saturated heterocycles. The molecule has 4 rings (SSSR count). The van der Waals surface area contributed by atoms with Crippen LogP contribution in [0.4, 0.5) is 0 Å². The standard InChI is InChI=1S/C16H13ClN2O3/c17-15-18-9-10(22-15)5-6-16(7-8-16)19-13(20)11-3-1-2-4-12(11)14(19)21/h1-4,9H,5-8H2. The number of rotatable bonds is 4. The summed E-state index contributed by atoms with van der Waals surface area (Å²) >= 11 is 5.66. The number of carbonyl (C=O) groups is 2. The van der Waals surface area contributed by atoms with E-state index in [0.717, 1.165) is 12.8 Å². The SMILES string of the molecule is O=C1c2ccccc2C(=O)N1C1(CCc2cnc(Cl)o2)CC1. The van der Waals surface area contributed by atoms with Crippen LogP contribution in [0.5, 0.6) is 0 Å². The fourth-order valence-electron chi connectivity index (χ4n) is 3.10. The topological polar surface area (TPSA) is 63.4 Å². The van der Waals surface area contributed by atoms with Crippen molar-refractivity contribution >= 4 is 23.4 Å². The number of hydrogen-bond donors (Lipinski definition) is 0. The van der Waals surface area contributed by atoms with Gasteiger partial charge in [-0.1, -0.05) is 12.1 Å². The molecule has 1 aliphatic carbocycles. The highest BCUT2D eigenvalue weighted by Gasteiger charge is 2.55. The van der Waals surface area contributed by atoms with Crippen LogP contribution in [0.15, 0.2) is 34.9 Å². The molecule has 2 heterocycles. The summed E-state index contributed by atoms with van der Waals surface area (Å²) in [6.45, 7) is 0. The van der Waals surface area contributed by atoms with E-state index < -0.39 is 0 Å². The number of aryl methyl sites for hydroxylation is 1. The zero-order chi connectivity index (χ0) is 15.3. The minimum Gasteiger partial charge on any atom is -0.433 e. The van der Waals surface area contributed by atoms with Gasteiger partial charge in [-0.2, -0.15) is 0 Å². The molecule has 2 amide bonds. The molecule has 1 aromatic heterocycles. The number of nitrogens with zero attached hydrogens (tertiary/aromatic N) is 2. The second kappa shape index (κ2) is 4.68. The minimum atomic E-state index is -0.382. The smallest absolute Gasteiger partial charge is 0.292 e. The summed E-state index contributed by atoms with van der Waals surface area (Å²) in [5.74, 6) is 0.301. The van der Waals surface area contributed by atoms with Crippen LogP contribution in [0.1, 0.15) is 45.7 Å². The van der Waals surface area contributed by atoms with Gasteiger partial charge in [0.1, 0.15) is 5.76 Å². The first-order chi connectivity index (χ1) is 10.6. The number of benzene rings is 1. The lowest BCUT2D eigenvalue weighted by atomic mass is 10.1. The van der Waals surface area contributed by atoms with E-state index in [4.69, 9.17) is 16.0 Å². The van der Waals surface area contributed by atoms with Crippen LogP contribution < -0.4 is 0 Å². The maximum atomic E-state index is 12.6. The number of hydrogen-bond acceptors (Lipinski definition) is 4. The van der Waals surface area contributed by atoms with Crippen molar-refractivity contribution in [2.45, 2.75) is 31.2 Å². The van der Waals surface area contributed by atoms with E-state index in [9.17, 15) is 9.59 Å². The lowest BCUT2D eigenvalue weighted by Gasteiger charge is -2.25. The third-order valence-corrected chi connectivity index (χ3v) is 4.63. The van der Waals surface area contributed by atoms with E-state index in [1.54, 1.807) is 30.5 Å². The summed E-state index contributed by atoms with van der Waals surface area (Å²) in [6, 6.07) is 6.98. The number of halogens is 1. The molecule has 0 radical (unpaired) electrons. The van der Waals surface area contributed by atoms with Crippen LogP contribution in [-0.4, -0.2) is 27.2 Å². The number of oxazole rings is 1. The molecule has 1 aromatic carbocycles. The Morgan fingerprint density at radius 3 is 2.32 bits per heavy atom. The van der Waals surface area contributed by atoms with Gasteiger partial charge in [-0.15, -0.1) is 0 Å². The molecule has 2 aromatic rings. The monoisotopic (exact) mass is 316 g/mol. The molecular formula is C16H13ClN2O3. The van der Waals surface area contributed by atoms with Crippen LogP contribution in [-0.2, 0) is 6.42 Å². The Hall–Kier alpha value is -2.14. The average Bonchev–Trinajstić information content (AvgIpc) is 3.11. The van der Waals surface area contributed by atoms with Crippen molar-refractivity contribution in [2.24, 2.45) is 0 Å². The van der Waals surface area contributed by atoms with Crippen molar-refractivity contribution in [2.75, 3.05) is 0 Å². The third-order valence-electron chi connectivity index (χ3n) is 4.46. The zero-order valence-electron chi connectivity index (χ0n) is 11.7. The maximum absolute atomic E-state index is 12.6. The maximum Gasteiger partial charge on any atom is 0.292 e. The van der Waals surface area contributed by atoms with Gasteiger partial charge in [-0.25, -0.2) is 4.98 Å². The first-order valence-electron chi connectivity index (χ1n) is 7.19. The van der Waals surface area contributed by atoms with Gasteiger partial charge < -0.3 is 4.42 Å². The lowest BCUT2D eigenvalue weighted by molar-refractivity contribution is 0.0549. The van der Waals surface area contributed by atoms with Gasteiger partial charge in [0.2, 0.25) is 0 Å². The molecule has 0 atom stereocenters. The molecular weight excluding hydrogens is 304 g/mol. The van der Waals surface area contributed by atoms with Crippen molar-refractivity contribution < 1.29 is 14.0 Å². The molecule has 22 heavy (non-hydrogen) atoms. The summed E-state index contributed by atoms with van der Waals surface area (Å²) in [7, 11) is 0. The zero-order valence-corrected chi connectivity index (χ0v) is 12.5. The van der Waals surface area contributed by atoms with Crippen molar-refractivity contribution in [3.8, 4) is 0 Å². The van der Waals surface area contributed by atoms with E-state index >= 15 is 0 Å². The molecule has 0 unspecified atom stereocenters. The molecule has 1 fully saturated rings. The fraction of sp³-hybridized carbons (Fsp3) is 0.312. The Morgan fingerprint density at radius 2 is 1.82 bits per heavy atom. The summed E-state index contributed by atoms with van der Waals surface area (Å²) in [6.07, 6.45) is 4.53. The number of carbonyl (C=O) groups excluding carboxylic acids is 2. The van der Waals surface area contributed by atoms with Crippen molar-refractivity contribution in [1.82, 2.24) is 9.88 Å². The van der Waals surface area contributed by atoms with Gasteiger partial charge in [-0.3, -0.25) is 14.5 Å². The molecule has 112 valence electrons. The predicted molar refractivity (Wildman–Crippen MR) is 78.7 cm³/mol. The largest absolute Gasteiger partial charge is 0.433 e. The van der Waals surface area contributed by atoms with Gasteiger partial charge in [0.15, 0.2) is 0 Å². The second-order valence-electron chi connectivity index (χ2n) is 5.80. The third kappa shape index (κ3) is 1.96. The summed E-state index contributed by atoms with van der Waals surface area (Å²) < 4.78 is 5.25. The van der Waals surface area contributed by atoms with Gasteiger partial charge in [0.25, 0.3) is 17.2 Å². The summed E-state index contributed by atoms with van der Waals surface area (Å²) in [5.41, 5.74) is 0.620. The molecule has 1 saturated carbocycles. The van der Waals surface area contributed by atoms with Crippen LogP contribution >= 0.6 is 11.6 Å². The summed E-state index contributed by atoms with van der Waals surface area (Å²) in [4.78, 5) is 30.4. The van der Waals surface area contributed by atoms with Gasteiger partial charge in [0, 0.05) is 6.42 Å². The molecule has 1 aliphatic heterocycles. The van der Waals surface area contributed by atoms with E-state index in [1.165, 1.54) is 4.90 Å². The molecule has 6 heteroatoms. The number of aromatic nitrogens is 1. The highest BCUT2D eigenvalue weighted by atomic mass is 35.5. The number of amides is 2. The number of imide groups is 1. The quantitative estimate of drug-likeness (QED) is 0.813. The van der Waals surface area contributed by atoms with Gasteiger partial charge in [0.05, 0.1) is 22.9 Å². The normalized spacial score (nSPS) is 18.7. The van der Waals surface area contributed by atoms with Crippen molar-refractivity contribution in [3.63, 3.8) is 0 Å². The van der Waals surface area contributed by atoms with Crippen LogP contribution in [0.3, 0.4) is 0 Å². The molecule has 5 nitrogen and oxygen atoms in total. The first kappa shape index (κ1) is 13.5. The Balaban J connectivity index is 1.57. The molecule has 0 bridgehead atoms.